The van der Waals surface area contributed by atoms with E-state index in [1.54, 1.807) is 0 Å². The minimum atomic E-state index is 0.0179. The van der Waals surface area contributed by atoms with E-state index in [4.69, 9.17) is 9.47 Å². The topological polar surface area (TPSA) is 38.8 Å². The van der Waals surface area contributed by atoms with Crippen LogP contribution in [0, 0.1) is 0 Å². The van der Waals surface area contributed by atoms with Gasteiger partial charge in [0.05, 0.1) is 6.04 Å². The summed E-state index contributed by atoms with van der Waals surface area (Å²) in [4.78, 5) is 14.3. The first kappa shape index (κ1) is 14.6. The van der Waals surface area contributed by atoms with Crippen molar-refractivity contribution in [3.05, 3.63) is 35.9 Å². The van der Waals surface area contributed by atoms with E-state index in [0.717, 1.165) is 30.9 Å². The Balaban J connectivity index is 1.87. The number of nitrogens with zero attached hydrogens (tertiary/aromatic N) is 1. The molecule has 4 nitrogen and oxygen atoms in total. The van der Waals surface area contributed by atoms with Crippen molar-refractivity contribution in [1.82, 2.24) is 4.90 Å². The Kier molecular flexibility index (Phi) is 3.36. The molecule has 4 rings (SSSR count). The highest BCUT2D eigenvalue weighted by molar-refractivity contribution is 5.88. The first-order valence-corrected chi connectivity index (χ1v) is 8.52. The molecule has 0 aromatic heterocycles. The van der Waals surface area contributed by atoms with Gasteiger partial charge in [0, 0.05) is 12.0 Å². The van der Waals surface area contributed by atoms with Gasteiger partial charge in [0.15, 0.2) is 11.5 Å². The van der Waals surface area contributed by atoms with Gasteiger partial charge in [0.2, 0.25) is 5.91 Å². The van der Waals surface area contributed by atoms with Crippen molar-refractivity contribution in [3.8, 4) is 11.5 Å². The van der Waals surface area contributed by atoms with E-state index in [-0.39, 0.29) is 17.4 Å². The molecule has 122 valence electrons. The normalized spacial score (nSPS) is 24.4. The molecule has 1 aliphatic carbocycles. The second-order valence-electron chi connectivity index (χ2n) is 6.92. The van der Waals surface area contributed by atoms with Gasteiger partial charge in [-0.3, -0.25) is 4.79 Å². The summed E-state index contributed by atoms with van der Waals surface area (Å²) in [5.74, 6) is 1.68. The molecule has 1 saturated carbocycles. The zero-order valence-electron chi connectivity index (χ0n) is 13.6. The summed E-state index contributed by atoms with van der Waals surface area (Å²) in [6, 6.07) is 4.32. The van der Waals surface area contributed by atoms with Crippen molar-refractivity contribution in [1.29, 1.82) is 0 Å². The SMILES string of the molecule is C=CC(=O)N1CC2(CCCC2)c2cc3c(cc2C1C)OCCO3. The van der Waals surface area contributed by atoms with Crippen molar-refractivity contribution in [2.45, 2.75) is 44.1 Å². The summed E-state index contributed by atoms with van der Waals surface area (Å²) < 4.78 is 11.6. The Labute approximate surface area is 137 Å². The number of carbonyl (C=O) groups excluding carboxylic acids is 1. The largest absolute Gasteiger partial charge is 0.486 e. The third kappa shape index (κ3) is 2.15. The van der Waals surface area contributed by atoms with Gasteiger partial charge in [-0.2, -0.15) is 0 Å². The first-order chi connectivity index (χ1) is 11.1. The van der Waals surface area contributed by atoms with E-state index in [1.165, 1.54) is 30.0 Å². The molecule has 1 atom stereocenters. The van der Waals surface area contributed by atoms with Crippen LogP contribution in [0.4, 0.5) is 0 Å². The molecule has 2 heterocycles. The smallest absolute Gasteiger partial charge is 0.246 e. The zero-order chi connectivity index (χ0) is 16.0. The number of fused-ring (bicyclic) bond motifs is 3. The Morgan fingerprint density at radius 2 is 1.91 bits per heavy atom. The van der Waals surface area contributed by atoms with Crippen molar-refractivity contribution in [2.75, 3.05) is 19.8 Å². The van der Waals surface area contributed by atoms with Crippen LogP contribution in [0.25, 0.3) is 0 Å². The van der Waals surface area contributed by atoms with Gasteiger partial charge in [0.25, 0.3) is 0 Å². The predicted octanol–water partition coefficient (Wildman–Crippen LogP) is 3.36. The molecule has 4 heteroatoms. The second kappa shape index (κ2) is 5.29. The van der Waals surface area contributed by atoms with Crippen molar-refractivity contribution >= 4 is 5.91 Å². The number of amides is 1. The molecule has 1 spiro atoms. The van der Waals surface area contributed by atoms with Crippen LogP contribution in [0.2, 0.25) is 0 Å². The Morgan fingerprint density at radius 3 is 2.57 bits per heavy atom. The van der Waals surface area contributed by atoms with Crippen molar-refractivity contribution in [3.63, 3.8) is 0 Å². The summed E-state index contributed by atoms with van der Waals surface area (Å²) in [5, 5.41) is 0. The number of benzene rings is 1. The molecule has 0 saturated heterocycles. The molecule has 0 radical (unpaired) electrons. The summed E-state index contributed by atoms with van der Waals surface area (Å²) in [5.41, 5.74) is 2.63. The number of rotatable bonds is 1. The fourth-order valence-corrected chi connectivity index (χ4v) is 4.49. The van der Waals surface area contributed by atoms with E-state index in [9.17, 15) is 4.79 Å². The highest BCUT2D eigenvalue weighted by atomic mass is 16.6. The molecular weight excluding hydrogens is 290 g/mol. The van der Waals surface area contributed by atoms with Crippen LogP contribution in [-0.4, -0.2) is 30.6 Å². The standard InChI is InChI=1S/C19H23NO3/c1-3-18(21)20-12-19(6-4-5-7-19)15-11-17-16(22-8-9-23-17)10-14(15)13(20)2/h3,10-11,13H,1,4-9,12H2,2H3. The molecule has 1 aromatic rings. The number of carbonyl (C=O) groups is 1. The highest BCUT2D eigenvalue weighted by Gasteiger charge is 2.45. The van der Waals surface area contributed by atoms with Crippen molar-refractivity contribution in [2.24, 2.45) is 0 Å². The fraction of sp³-hybridized carbons (Fsp3) is 0.526. The van der Waals surface area contributed by atoms with Gasteiger partial charge in [-0.25, -0.2) is 0 Å². The van der Waals surface area contributed by atoms with Gasteiger partial charge in [0.1, 0.15) is 13.2 Å². The highest BCUT2D eigenvalue weighted by Crippen LogP contribution is 2.51. The third-order valence-corrected chi connectivity index (χ3v) is 5.69. The van der Waals surface area contributed by atoms with Crippen LogP contribution in [-0.2, 0) is 10.2 Å². The summed E-state index contributed by atoms with van der Waals surface area (Å²) >= 11 is 0. The maximum atomic E-state index is 12.4. The molecule has 1 unspecified atom stereocenters. The lowest BCUT2D eigenvalue weighted by Crippen LogP contribution is -2.48. The van der Waals surface area contributed by atoms with Crippen molar-refractivity contribution < 1.29 is 14.3 Å². The number of hydrogen-bond donors (Lipinski definition) is 0. The first-order valence-electron chi connectivity index (χ1n) is 8.52. The van der Waals surface area contributed by atoms with Gasteiger partial charge >= 0.3 is 0 Å². The number of hydrogen-bond acceptors (Lipinski definition) is 3. The van der Waals surface area contributed by atoms with Gasteiger partial charge in [-0.15, -0.1) is 0 Å². The summed E-state index contributed by atoms with van der Waals surface area (Å²) in [6.45, 7) is 7.74. The van der Waals surface area contributed by atoms with E-state index in [1.807, 2.05) is 4.90 Å². The molecule has 2 aliphatic heterocycles. The van der Waals surface area contributed by atoms with E-state index in [2.05, 4.69) is 25.6 Å². The molecule has 1 aromatic carbocycles. The Hall–Kier alpha value is -1.97. The van der Waals surface area contributed by atoms with E-state index in [0.29, 0.717) is 13.2 Å². The van der Waals surface area contributed by atoms with E-state index < -0.39 is 0 Å². The van der Waals surface area contributed by atoms with Crippen LogP contribution in [0.5, 0.6) is 11.5 Å². The predicted molar refractivity (Wildman–Crippen MR) is 87.9 cm³/mol. The zero-order valence-corrected chi connectivity index (χ0v) is 13.6. The average molecular weight is 313 g/mol. The Morgan fingerprint density at radius 1 is 1.26 bits per heavy atom. The molecule has 23 heavy (non-hydrogen) atoms. The second-order valence-corrected chi connectivity index (χ2v) is 6.92. The van der Waals surface area contributed by atoms with E-state index >= 15 is 0 Å². The fourth-order valence-electron chi connectivity index (χ4n) is 4.49. The molecule has 1 amide bonds. The minimum Gasteiger partial charge on any atom is -0.486 e. The lowest BCUT2D eigenvalue weighted by Gasteiger charge is -2.46. The van der Waals surface area contributed by atoms with Gasteiger partial charge < -0.3 is 14.4 Å². The van der Waals surface area contributed by atoms with Crippen LogP contribution in [0.1, 0.15) is 49.8 Å². The quantitative estimate of drug-likeness (QED) is 0.746. The molecule has 0 bridgehead atoms. The van der Waals surface area contributed by atoms with Crippen LogP contribution < -0.4 is 9.47 Å². The maximum absolute atomic E-state index is 12.4. The maximum Gasteiger partial charge on any atom is 0.246 e. The lowest BCUT2D eigenvalue weighted by atomic mass is 9.71. The molecule has 3 aliphatic rings. The lowest BCUT2D eigenvalue weighted by molar-refractivity contribution is -0.129. The van der Waals surface area contributed by atoms with Gasteiger partial charge in [-0.05, 0) is 49.1 Å². The summed E-state index contributed by atoms with van der Waals surface area (Å²) in [7, 11) is 0. The third-order valence-electron chi connectivity index (χ3n) is 5.69. The molecule has 1 fully saturated rings. The monoisotopic (exact) mass is 313 g/mol. The van der Waals surface area contributed by atoms with Crippen LogP contribution >= 0.6 is 0 Å². The average Bonchev–Trinajstić information content (AvgIpc) is 3.06. The molecular formula is C19H23NO3. The Bertz CT molecular complexity index is 661. The minimum absolute atomic E-state index is 0.0179. The summed E-state index contributed by atoms with van der Waals surface area (Å²) in [6.07, 6.45) is 6.14. The van der Waals surface area contributed by atoms with Gasteiger partial charge in [-0.1, -0.05) is 19.4 Å². The molecule has 0 N–H and O–H groups in total. The van der Waals surface area contributed by atoms with Crippen LogP contribution in [0.3, 0.4) is 0 Å². The van der Waals surface area contributed by atoms with Crippen LogP contribution in [0.15, 0.2) is 24.8 Å². The number of ether oxygens (including phenoxy) is 2.